The van der Waals surface area contributed by atoms with E-state index in [1.165, 1.54) is 24.3 Å². The molecule has 30 heavy (non-hydrogen) atoms. The molecule has 0 aliphatic carbocycles. The maximum atomic E-state index is 12.6. The Bertz CT molecular complexity index is 892. The second-order valence-corrected chi connectivity index (χ2v) is 6.93. The lowest BCUT2D eigenvalue weighted by Crippen LogP contribution is -2.41. The van der Waals surface area contributed by atoms with E-state index >= 15 is 0 Å². The van der Waals surface area contributed by atoms with Crippen LogP contribution in [0.15, 0.2) is 48.5 Å². The minimum atomic E-state index is -4.41. The Labute approximate surface area is 171 Å². The molecule has 1 aliphatic heterocycles. The van der Waals surface area contributed by atoms with Crippen molar-refractivity contribution < 1.29 is 32.2 Å². The summed E-state index contributed by atoms with van der Waals surface area (Å²) in [6.45, 7) is -0.409. The molecular weight excluding hydrogens is 401 g/mol. The number of likely N-dealkylation sites (tertiary alicyclic amines) is 1. The number of rotatable bonds is 6. The van der Waals surface area contributed by atoms with Crippen molar-refractivity contribution in [2.45, 2.75) is 25.1 Å². The average Bonchev–Trinajstić information content (AvgIpc) is 2.72. The maximum absolute atomic E-state index is 12.6. The Hall–Kier alpha value is -3.23. The first-order valence-electron chi connectivity index (χ1n) is 9.37. The molecule has 2 aromatic carbocycles. The number of benzene rings is 2. The van der Waals surface area contributed by atoms with Gasteiger partial charge in [-0.2, -0.15) is 13.2 Å². The Morgan fingerprint density at radius 1 is 1.00 bits per heavy atom. The topological polar surface area (TPSA) is 81.9 Å². The summed E-state index contributed by atoms with van der Waals surface area (Å²) in [6.07, 6.45) is -3.40. The van der Waals surface area contributed by atoms with Crippen molar-refractivity contribution >= 4 is 11.8 Å². The number of carbonyl (C=O) groups excluding carboxylic acids is 2. The Balaban J connectivity index is 1.52. The molecule has 2 aromatic rings. The monoisotopic (exact) mass is 422 g/mol. The Kier molecular flexibility index (Phi) is 6.49. The number of nitrogens with two attached hydrogens (primary N) is 1. The fraction of sp³-hybridized carbons (Fsp3) is 0.333. The number of primary amides is 1. The molecule has 9 heteroatoms. The number of hydrogen-bond donors (Lipinski definition) is 1. The summed E-state index contributed by atoms with van der Waals surface area (Å²) in [5.74, 6) is -0.204. The van der Waals surface area contributed by atoms with Gasteiger partial charge in [0.2, 0.25) is 5.91 Å². The van der Waals surface area contributed by atoms with Crippen molar-refractivity contribution in [1.29, 1.82) is 0 Å². The van der Waals surface area contributed by atoms with Crippen LogP contribution in [0.1, 0.15) is 33.6 Å². The minimum absolute atomic E-state index is 0.0804. The predicted octanol–water partition coefficient (Wildman–Crippen LogP) is 3.41. The number of carbonyl (C=O) groups is 2. The van der Waals surface area contributed by atoms with Gasteiger partial charge in [-0.15, -0.1) is 0 Å². The largest absolute Gasteiger partial charge is 0.490 e. The van der Waals surface area contributed by atoms with E-state index in [1.807, 2.05) is 0 Å². The molecule has 1 fully saturated rings. The van der Waals surface area contributed by atoms with Gasteiger partial charge in [-0.1, -0.05) is 6.07 Å². The molecule has 2 amide bonds. The van der Waals surface area contributed by atoms with Crippen molar-refractivity contribution in [3.63, 3.8) is 0 Å². The Morgan fingerprint density at radius 3 is 2.20 bits per heavy atom. The number of alkyl halides is 3. The third-order valence-electron chi connectivity index (χ3n) is 4.66. The van der Waals surface area contributed by atoms with E-state index in [-0.39, 0.29) is 17.8 Å². The summed E-state index contributed by atoms with van der Waals surface area (Å²) >= 11 is 0. The third-order valence-corrected chi connectivity index (χ3v) is 4.66. The molecule has 6 nitrogen and oxygen atoms in total. The molecule has 0 spiro atoms. The van der Waals surface area contributed by atoms with E-state index in [9.17, 15) is 22.8 Å². The van der Waals surface area contributed by atoms with Crippen LogP contribution in [-0.4, -0.2) is 48.7 Å². The van der Waals surface area contributed by atoms with Gasteiger partial charge >= 0.3 is 6.18 Å². The number of piperidine rings is 1. The molecule has 160 valence electrons. The first kappa shape index (κ1) is 21.5. The van der Waals surface area contributed by atoms with Crippen molar-refractivity contribution in [2.24, 2.45) is 5.73 Å². The van der Waals surface area contributed by atoms with Crippen LogP contribution in [0.4, 0.5) is 13.2 Å². The van der Waals surface area contributed by atoms with Gasteiger partial charge in [-0.25, -0.2) is 0 Å². The second-order valence-electron chi connectivity index (χ2n) is 6.93. The lowest BCUT2D eigenvalue weighted by Gasteiger charge is -2.32. The molecule has 2 N–H and O–H groups in total. The van der Waals surface area contributed by atoms with Gasteiger partial charge in [0.05, 0.1) is 0 Å². The smallest absolute Gasteiger partial charge is 0.422 e. The number of ether oxygens (including phenoxy) is 2. The van der Waals surface area contributed by atoms with Gasteiger partial charge in [0.25, 0.3) is 5.91 Å². The van der Waals surface area contributed by atoms with Crippen LogP contribution in [0.3, 0.4) is 0 Å². The van der Waals surface area contributed by atoms with E-state index < -0.39 is 18.7 Å². The summed E-state index contributed by atoms with van der Waals surface area (Å²) in [6, 6.07) is 12.2. The zero-order chi connectivity index (χ0) is 21.7. The summed E-state index contributed by atoms with van der Waals surface area (Å²) in [4.78, 5) is 25.4. The third kappa shape index (κ3) is 5.88. The molecule has 1 saturated heterocycles. The Morgan fingerprint density at radius 2 is 1.60 bits per heavy atom. The van der Waals surface area contributed by atoms with Crippen LogP contribution >= 0.6 is 0 Å². The fourth-order valence-corrected chi connectivity index (χ4v) is 3.13. The van der Waals surface area contributed by atoms with Gasteiger partial charge in [-0.05, 0) is 36.4 Å². The summed E-state index contributed by atoms with van der Waals surface area (Å²) in [5.41, 5.74) is 6.00. The molecule has 0 bridgehead atoms. The average molecular weight is 422 g/mol. The first-order chi connectivity index (χ1) is 14.2. The normalized spacial score (nSPS) is 15.0. The van der Waals surface area contributed by atoms with Crippen LogP contribution in [0, 0.1) is 0 Å². The highest BCUT2D eigenvalue weighted by Gasteiger charge is 2.28. The highest BCUT2D eigenvalue weighted by molar-refractivity contribution is 5.97. The first-order valence-corrected chi connectivity index (χ1v) is 9.37. The van der Waals surface area contributed by atoms with Crippen molar-refractivity contribution in [1.82, 2.24) is 4.90 Å². The van der Waals surface area contributed by atoms with Crippen molar-refractivity contribution in [3.05, 3.63) is 59.7 Å². The van der Waals surface area contributed by atoms with Gasteiger partial charge < -0.3 is 20.1 Å². The number of hydrogen-bond acceptors (Lipinski definition) is 4. The van der Waals surface area contributed by atoms with E-state index in [4.69, 9.17) is 15.2 Å². The zero-order valence-corrected chi connectivity index (χ0v) is 16.0. The summed E-state index contributed by atoms with van der Waals surface area (Å²) in [5, 5.41) is 0. The van der Waals surface area contributed by atoms with Crippen LogP contribution in [0.2, 0.25) is 0 Å². The van der Waals surface area contributed by atoms with Crippen LogP contribution in [-0.2, 0) is 0 Å². The van der Waals surface area contributed by atoms with Crippen LogP contribution < -0.4 is 15.2 Å². The minimum Gasteiger partial charge on any atom is -0.490 e. The van der Waals surface area contributed by atoms with E-state index in [0.29, 0.717) is 42.8 Å². The number of nitrogens with zero attached hydrogens (tertiary/aromatic N) is 1. The lowest BCUT2D eigenvalue weighted by molar-refractivity contribution is -0.153. The van der Waals surface area contributed by atoms with Gasteiger partial charge in [0.15, 0.2) is 6.61 Å². The molecule has 1 heterocycles. The van der Waals surface area contributed by atoms with Crippen molar-refractivity contribution in [2.75, 3.05) is 19.7 Å². The summed E-state index contributed by atoms with van der Waals surface area (Å²) < 4.78 is 47.4. The molecule has 0 atom stereocenters. The highest BCUT2D eigenvalue weighted by Crippen LogP contribution is 2.25. The fourth-order valence-electron chi connectivity index (χ4n) is 3.13. The summed E-state index contributed by atoms with van der Waals surface area (Å²) in [7, 11) is 0. The zero-order valence-electron chi connectivity index (χ0n) is 16.0. The van der Waals surface area contributed by atoms with Crippen molar-refractivity contribution in [3.8, 4) is 11.5 Å². The van der Waals surface area contributed by atoms with Crippen LogP contribution in [0.25, 0.3) is 0 Å². The maximum Gasteiger partial charge on any atom is 0.422 e. The number of halogens is 3. The second kappa shape index (κ2) is 9.06. The van der Waals surface area contributed by atoms with E-state index in [2.05, 4.69) is 0 Å². The lowest BCUT2D eigenvalue weighted by atomic mass is 10.1. The highest BCUT2D eigenvalue weighted by atomic mass is 19.4. The predicted molar refractivity (Wildman–Crippen MR) is 103 cm³/mol. The molecule has 0 saturated carbocycles. The van der Waals surface area contributed by atoms with Crippen LogP contribution in [0.5, 0.6) is 11.5 Å². The SMILES string of the molecule is NC(=O)c1ccc(C(=O)N2CCC(Oc3cccc(OCC(F)(F)F)c3)CC2)cc1. The van der Waals surface area contributed by atoms with E-state index in [1.54, 1.807) is 29.2 Å². The van der Waals surface area contributed by atoms with Gasteiger partial charge in [-0.3, -0.25) is 9.59 Å². The van der Waals surface area contributed by atoms with Gasteiger partial charge in [0, 0.05) is 43.1 Å². The van der Waals surface area contributed by atoms with E-state index in [0.717, 1.165) is 0 Å². The van der Waals surface area contributed by atoms with Gasteiger partial charge in [0.1, 0.15) is 17.6 Å². The standard InChI is InChI=1S/C21H21F3N2O4/c22-21(23,24)13-29-17-2-1-3-18(12-17)30-16-8-10-26(11-9-16)20(28)15-6-4-14(5-7-15)19(25)27/h1-7,12,16H,8-11,13H2,(H2,25,27). The molecule has 0 radical (unpaired) electrons. The molecule has 0 unspecified atom stereocenters. The number of amides is 2. The molecule has 0 aromatic heterocycles. The molecule has 1 aliphatic rings. The molecular formula is C21H21F3N2O4. The molecule has 3 rings (SSSR count). The quantitative estimate of drug-likeness (QED) is 0.774.